The van der Waals surface area contributed by atoms with Crippen LogP contribution in [0.15, 0.2) is 29.8 Å². The van der Waals surface area contributed by atoms with Crippen molar-refractivity contribution in [2.75, 3.05) is 38.1 Å². The summed E-state index contributed by atoms with van der Waals surface area (Å²) in [6.45, 7) is 6.68. The van der Waals surface area contributed by atoms with Crippen molar-refractivity contribution in [3.05, 3.63) is 35.3 Å². The zero-order chi connectivity index (χ0) is 16.8. The van der Waals surface area contributed by atoms with E-state index in [0.717, 1.165) is 25.4 Å². The van der Waals surface area contributed by atoms with Crippen LogP contribution >= 0.6 is 11.3 Å². The summed E-state index contributed by atoms with van der Waals surface area (Å²) < 4.78 is 5.46. The highest BCUT2D eigenvalue weighted by atomic mass is 32.1. The minimum Gasteiger partial charge on any atom is -0.494 e. The van der Waals surface area contributed by atoms with Gasteiger partial charge in [-0.3, -0.25) is 10.2 Å². The Hall–Kier alpha value is -2.19. The molecule has 0 atom stereocenters. The Morgan fingerprint density at radius 2 is 2.00 bits per heavy atom. The largest absolute Gasteiger partial charge is 0.494 e. The number of aromatic nitrogens is 2. The van der Waals surface area contributed by atoms with Crippen LogP contribution < -0.4 is 10.1 Å². The van der Waals surface area contributed by atoms with Crippen LogP contribution in [0.4, 0.5) is 9.93 Å². The van der Waals surface area contributed by atoms with Crippen LogP contribution in [0.25, 0.3) is 0 Å². The lowest BCUT2D eigenvalue weighted by Crippen LogP contribution is -2.49. The average molecular weight is 347 g/mol. The monoisotopic (exact) mass is 347 g/mol. The number of carbonyl (C=O) groups is 1. The molecule has 0 unspecified atom stereocenters. The van der Waals surface area contributed by atoms with E-state index in [1.165, 1.54) is 16.9 Å². The quantitative estimate of drug-likeness (QED) is 0.898. The predicted octanol–water partition coefficient (Wildman–Crippen LogP) is 2.29. The number of hydrogen-bond donors (Lipinski definition) is 1. The van der Waals surface area contributed by atoms with E-state index in [-0.39, 0.29) is 6.03 Å². The van der Waals surface area contributed by atoms with E-state index in [1.807, 2.05) is 24.0 Å². The van der Waals surface area contributed by atoms with Gasteiger partial charge in [-0.1, -0.05) is 23.5 Å². The Kier molecular flexibility index (Phi) is 5.60. The van der Waals surface area contributed by atoms with Gasteiger partial charge in [0.2, 0.25) is 5.13 Å². The molecule has 0 spiro atoms. The van der Waals surface area contributed by atoms with Crippen molar-refractivity contribution >= 4 is 22.5 Å². The molecule has 0 bridgehead atoms. The smallest absolute Gasteiger partial charge is 0.323 e. The molecule has 128 valence electrons. The van der Waals surface area contributed by atoms with Crippen LogP contribution in [0.3, 0.4) is 0 Å². The van der Waals surface area contributed by atoms with Gasteiger partial charge in [-0.05, 0) is 24.6 Å². The molecule has 2 aromatic rings. The number of amides is 2. The number of carbonyl (C=O) groups excluding carboxylic acids is 1. The number of hydrogen-bond acceptors (Lipinski definition) is 6. The highest BCUT2D eigenvalue weighted by molar-refractivity contribution is 7.13. The number of nitrogens with one attached hydrogen (secondary N) is 1. The lowest BCUT2D eigenvalue weighted by Gasteiger charge is -2.34. The van der Waals surface area contributed by atoms with E-state index in [2.05, 4.69) is 32.5 Å². The van der Waals surface area contributed by atoms with Gasteiger partial charge in [-0.2, -0.15) is 0 Å². The van der Waals surface area contributed by atoms with Crippen LogP contribution in [0.2, 0.25) is 0 Å². The molecular weight excluding hydrogens is 326 g/mol. The molecule has 0 radical (unpaired) electrons. The van der Waals surface area contributed by atoms with Crippen molar-refractivity contribution in [2.24, 2.45) is 0 Å². The van der Waals surface area contributed by atoms with Crippen LogP contribution in [0.1, 0.15) is 12.5 Å². The molecule has 1 aromatic carbocycles. The predicted molar refractivity (Wildman–Crippen MR) is 93.4 cm³/mol. The molecule has 1 aliphatic rings. The van der Waals surface area contributed by atoms with Gasteiger partial charge in [0.15, 0.2) is 0 Å². The highest BCUT2D eigenvalue weighted by Crippen LogP contribution is 2.15. The number of anilines is 1. The molecule has 8 heteroatoms. The first-order valence-electron chi connectivity index (χ1n) is 8.01. The number of nitrogens with zero attached hydrogens (tertiary/aromatic N) is 4. The second-order valence-electron chi connectivity index (χ2n) is 5.51. The second-order valence-corrected chi connectivity index (χ2v) is 6.35. The van der Waals surface area contributed by atoms with E-state index in [1.54, 1.807) is 5.51 Å². The first-order chi connectivity index (χ1) is 11.7. The fourth-order valence-electron chi connectivity index (χ4n) is 2.62. The maximum absolute atomic E-state index is 12.2. The number of urea groups is 1. The number of benzene rings is 1. The van der Waals surface area contributed by atoms with Gasteiger partial charge >= 0.3 is 6.03 Å². The Morgan fingerprint density at radius 1 is 1.25 bits per heavy atom. The summed E-state index contributed by atoms with van der Waals surface area (Å²) in [5.41, 5.74) is 2.86. The third-order valence-corrected chi connectivity index (χ3v) is 4.48. The van der Waals surface area contributed by atoms with Crippen molar-refractivity contribution in [1.82, 2.24) is 20.0 Å². The third kappa shape index (κ3) is 4.42. The van der Waals surface area contributed by atoms with Crippen LogP contribution in [0, 0.1) is 0 Å². The fourth-order valence-corrected chi connectivity index (χ4v) is 3.06. The van der Waals surface area contributed by atoms with Gasteiger partial charge in [-0.25, -0.2) is 4.79 Å². The SMILES string of the molecule is CCOc1ccc(CN2CCN(C(=O)Nc3nncs3)CC2)cc1. The Bertz CT molecular complexity index is 639. The summed E-state index contributed by atoms with van der Waals surface area (Å²) in [5, 5.41) is 10.9. The van der Waals surface area contributed by atoms with Gasteiger partial charge in [0, 0.05) is 32.7 Å². The molecule has 2 amide bonds. The standard InChI is InChI=1S/C16H21N5O2S/c1-2-23-14-5-3-13(4-6-14)11-20-7-9-21(10-8-20)16(22)18-15-19-17-12-24-15/h3-6,12H,2,7-11H2,1H3,(H,18,19,22). The van der Waals surface area contributed by atoms with Gasteiger partial charge in [-0.15, -0.1) is 10.2 Å². The van der Waals surface area contributed by atoms with E-state index in [4.69, 9.17) is 4.74 Å². The number of rotatable bonds is 5. The van der Waals surface area contributed by atoms with E-state index < -0.39 is 0 Å². The summed E-state index contributed by atoms with van der Waals surface area (Å²) in [5.74, 6) is 0.902. The topological polar surface area (TPSA) is 70.6 Å². The van der Waals surface area contributed by atoms with Crippen molar-refractivity contribution < 1.29 is 9.53 Å². The molecule has 2 heterocycles. The summed E-state index contributed by atoms with van der Waals surface area (Å²) in [7, 11) is 0. The fraction of sp³-hybridized carbons (Fsp3) is 0.438. The molecule has 0 saturated carbocycles. The second kappa shape index (κ2) is 8.07. The van der Waals surface area contributed by atoms with Crippen molar-refractivity contribution in [3.63, 3.8) is 0 Å². The minimum absolute atomic E-state index is 0.104. The summed E-state index contributed by atoms with van der Waals surface area (Å²) in [6.07, 6.45) is 0. The summed E-state index contributed by atoms with van der Waals surface area (Å²) >= 11 is 1.32. The maximum Gasteiger partial charge on any atom is 0.323 e. The molecule has 1 saturated heterocycles. The van der Waals surface area contributed by atoms with Gasteiger partial charge in [0.25, 0.3) is 0 Å². The Morgan fingerprint density at radius 3 is 2.62 bits per heavy atom. The zero-order valence-corrected chi connectivity index (χ0v) is 14.5. The first-order valence-corrected chi connectivity index (χ1v) is 8.88. The molecule has 0 aliphatic carbocycles. The lowest BCUT2D eigenvalue weighted by molar-refractivity contribution is 0.143. The van der Waals surface area contributed by atoms with Gasteiger partial charge in [0.05, 0.1) is 6.61 Å². The van der Waals surface area contributed by atoms with Crippen molar-refractivity contribution in [1.29, 1.82) is 0 Å². The Balaban J connectivity index is 1.45. The molecular formula is C16H21N5O2S. The number of piperazine rings is 1. The molecule has 1 N–H and O–H groups in total. The number of ether oxygens (including phenoxy) is 1. The van der Waals surface area contributed by atoms with Crippen LogP contribution in [0.5, 0.6) is 5.75 Å². The third-order valence-electron chi connectivity index (χ3n) is 3.87. The molecule has 24 heavy (non-hydrogen) atoms. The van der Waals surface area contributed by atoms with E-state index in [9.17, 15) is 4.79 Å². The van der Waals surface area contributed by atoms with Gasteiger partial charge < -0.3 is 9.64 Å². The van der Waals surface area contributed by atoms with Crippen molar-refractivity contribution in [3.8, 4) is 5.75 Å². The van der Waals surface area contributed by atoms with Gasteiger partial charge in [0.1, 0.15) is 11.3 Å². The summed E-state index contributed by atoms with van der Waals surface area (Å²) in [4.78, 5) is 16.3. The maximum atomic E-state index is 12.2. The van der Waals surface area contributed by atoms with Crippen LogP contribution in [-0.2, 0) is 6.54 Å². The summed E-state index contributed by atoms with van der Waals surface area (Å²) in [6, 6.07) is 8.10. The molecule has 1 fully saturated rings. The molecule has 1 aliphatic heterocycles. The average Bonchev–Trinajstić information content (AvgIpc) is 3.10. The molecule has 3 rings (SSSR count). The first kappa shape index (κ1) is 16.7. The highest BCUT2D eigenvalue weighted by Gasteiger charge is 2.21. The molecule has 1 aromatic heterocycles. The Labute approximate surface area is 145 Å². The zero-order valence-electron chi connectivity index (χ0n) is 13.6. The van der Waals surface area contributed by atoms with Crippen LogP contribution in [-0.4, -0.2) is 58.8 Å². The molecule has 7 nitrogen and oxygen atoms in total. The van der Waals surface area contributed by atoms with E-state index >= 15 is 0 Å². The van der Waals surface area contributed by atoms with Crippen molar-refractivity contribution in [2.45, 2.75) is 13.5 Å². The lowest BCUT2D eigenvalue weighted by atomic mass is 10.2. The van der Waals surface area contributed by atoms with E-state index in [0.29, 0.717) is 24.8 Å². The minimum atomic E-state index is -0.104. The normalized spacial score (nSPS) is 15.3.